The summed E-state index contributed by atoms with van der Waals surface area (Å²) in [6.07, 6.45) is 0. The number of nitro benzene ring substituents is 1. The number of hydrogen-bond acceptors (Lipinski definition) is 4. The van der Waals surface area contributed by atoms with Crippen molar-refractivity contribution in [3.8, 4) is 11.5 Å². The van der Waals surface area contributed by atoms with E-state index in [9.17, 15) is 10.1 Å². The lowest BCUT2D eigenvalue weighted by Crippen LogP contribution is -1.97. The van der Waals surface area contributed by atoms with Crippen molar-refractivity contribution in [2.45, 2.75) is 13.5 Å². The molecular weight excluding hydrogens is 280 g/mol. The Labute approximate surface area is 121 Å². The van der Waals surface area contributed by atoms with E-state index in [1.165, 1.54) is 6.07 Å². The Kier molecular flexibility index (Phi) is 4.22. The second-order valence-corrected chi connectivity index (χ2v) is 4.67. The van der Waals surface area contributed by atoms with Gasteiger partial charge in [0.05, 0.1) is 4.92 Å². The first kappa shape index (κ1) is 14.3. The van der Waals surface area contributed by atoms with Gasteiger partial charge >= 0.3 is 0 Å². The van der Waals surface area contributed by atoms with Gasteiger partial charge in [0.1, 0.15) is 11.5 Å². The van der Waals surface area contributed by atoms with Gasteiger partial charge in [-0.05, 0) is 36.8 Å². The van der Waals surface area contributed by atoms with Gasteiger partial charge in [-0.2, -0.15) is 0 Å². The van der Waals surface area contributed by atoms with Crippen LogP contribution in [0.1, 0.15) is 11.1 Å². The molecule has 2 rings (SSSR count). The lowest BCUT2D eigenvalue weighted by Gasteiger charge is -2.08. The number of benzene rings is 2. The molecule has 0 aliphatic heterocycles. The molecule has 2 aromatic carbocycles. The van der Waals surface area contributed by atoms with Crippen LogP contribution in [0, 0.1) is 17.0 Å². The molecule has 0 radical (unpaired) electrons. The van der Waals surface area contributed by atoms with Gasteiger partial charge in [-0.3, -0.25) is 10.1 Å². The van der Waals surface area contributed by atoms with Gasteiger partial charge in [0.2, 0.25) is 0 Å². The predicted molar refractivity (Wildman–Crippen MR) is 77.3 cm³/mol. The Morgan fingerprint density at radius 1 is 1.25 bits per heavy atom. The number of nitro groups is 1. The van der Waals surface area contributed by atoms with E-state index in [1.807, 2.05) is 0 Å². The van der Waals surface area contributed by atoms with Crippen LogP contribution in [-0.4, -0.2) is 4.92 Å². The largest absolute Gasteiger partial charge is 0.457 e. The fourth-order valence-corrected chi connectivity index (χ4v) is 2.04. The maximum Gasteiger partial charge on any atom is 0.272 e. The Balaban J connectivity index is 2.24. The average molecular weight is 293 g/mol. The number of rotatable bonds is 4. The minimum Gasteiger partial charge on any atom is -0.457 e. The summed E-state index contributed by atoms with van der Waals surface area (Å²) in [6, 6.07) is 9.79. The van der Waals surface area contributed by atoms with Gasteiger partial charge < -0.3 is 10.5 Å². The molecule has 0 fully saturated rings. The van der Waals surface area contributed by atoms with Crippen molar-refractivity contribution >= 4 is 17.3 Å². The number of hydrogen-bond donors (Lipinski definition) is 1. The van der Waals surface area contributed by atoms with Gasteiger partial charge in [-0.15, -0.1) is 0 Å². The summed E-state index contributed by atoms with van der Waals surface area (Å²) in [5.41, 5.74) is 6.96. The molecule has 20 heavy (non-hydrogen) atoms. The second-order valence-electron chi connectivity index (χ2n) is 4.26. The SMILES string of the molecule is Cc1cc(Oc2ccc(CN)c(Cl)c2)ccc1[N+](=O)[O-]. The third kappa shape index (κ3) is 3.07. The van der Waals surface area contributed by atoms with Gasteiger partial charge in [-0.1, -0.05) is 17.7 Å². The minimum absolute atomic E-state index is 0.0638. The standard InChI is InChI=1S/C14H13ClN2O3/c1-9-6-11(4-5-14(9)17(18)19)20-12-3-2-10(8-16)13(15)7-12/h2-7H,8,16H2,1H3. The van der Waals surface area contributed by atoms with E-state index in [0.29, 0.717) is 28.6 Å². The highest BCUT2D eigenvalue weighted by atomic mass is 35.5. The van der Waals surface area contributed by atoms with E-state index < -0.39 is 4.92 Å². The summed E-state index contributed by atoms with van der Waals surface area (Å²) in [6.45, 7) is 2.02. The van der Waals surface area contributed by atoms with Crippen molar-refractivity contribution in [1.29, 1.82) is 0 Å². The first-order valence-electron chi connectivity index (χ1n) is 5.92. The number of aryl methyl sites for hydroxylation is 1. The second kappa shape index (κ2) is 5.90. The van der Waals surface area contributed by atoms with Crippen LogP contribution >= 0.6 is 11.6 Å². The number of ether oxygens (including phenoxy) is 1. The Morgan fingerprint density at radius 3 is 2.45 bits per heavy atom. The quantitative estimate of drug-likeness (QED) is 0.686. The van der Waals surface area contributed by atoms with Crippen LogP contribution in [-0.2, 0) is 6.54 Å². The highest BCUT2D eigenvalue weighted by Gasteiger charge is 2.11. The van der Waals surface area contributed by atoms with E-state index in [4.69, 9.17) is 22.1 Å². The molecule has 0 unspecified atom stereocenters. The zero-order chi connectivity index (χ0) is 14.7. The zero-order valence-corrected chi connectivity index (χ0v) is 11.6. The molecule has 2 aromatic rings. The number of halogens is 1. The monoisotopic (exact) mass is 292 g/mol. The van der Waals surface area contributed by atoms with Gasteiger partial charge in [0, 0.05) is 23.2 Å². The van der Waals surface area contributed by atoms with Crippen LogP contribution in [0.15, 0.2) is 36.4 Å². The van der Waals surface area contributed by atoms with E-state index in [1.54, 1.807) is 37.3 Å². The molecule has 0 spiro atoms. The van der Waals surface area contributed by atoms with Crippen molar-refractivity contribution in [2.24, 2.45) is 5.73 Å². The molecule has 0 atom stereocenters. The molecule has 5 nitrogen and oxygen atoms in total. The van der Waals surface area contributed by atoms with Crippen LogP contribution < -0.4 is 10.5 Å². The minimum atomic E-state index is -0.425. The molecule has 6 heteroatoms. The highest BCUT2D eigenvalue weighted by Crippen LogP contribution is 2.29. The summed E-state index contributed by atoms with van der Waals surface area (Å²) in [7, 11) is 0. The fourth-order valence-electron chi connectivity index (χ4n) is 1.79. The van der Waals surface area contributed by atoms with Gasteiger partial charge in [-0.25, -0.2) is 0 Å². The molecule has 0 heterocycles. The van der Waals surface area contributed by atoms with Crippen molar-refractivity contribution in [3.63, 3.8) is 0 Å². The Hall–Kier alpha value is -2.11. The molecule has 0 aliphatic carbocycles. The maximum atomic E-state index is 10.7. The summed E-state index contributed by atoms with van der Waals surface area (Å²) in [5, 5.41) is 11.3. The van der Waals surface area contributed by atoms with Crippen LogP contribution in [0.4, 0.5) is 5.69 Å². The van der Waals surface area contributed by atoms with Crippen LogP contribution in [0.2, 0.25) is 5.02 Å². The number of nitrogens with zero attached hydrogens (tertiary/aromatic N) is 1. The summed E-state index contributed by atoms with van der Waals surface area (Å²) < 4.78 is 5.63. The van der Waals surface area contributed by atoms with Crippen LogP contribution in [0.5, 0.6) is 11.5 Å². The lowest BCUT2D eigenvalue weighted by atomic mass is 10.2. The van der Waals surface area contributed by atoms with E-state index in [0.717, 1.165) is 5.56 Å². The molecule has 0 amide bonds. The summed E-state index contributed by atoms with van der Waals surface area (Å²) in [4.78, 5) is 10.3. The molecule has 0 aromatic heterocycles. The maximum absolute atomic E-state index is 10.7. The summed E-state index contributed by atoms with van der Waals surface area (Å²) >= 11 is 6.04. The molecule has 2 N–H and O–H groups in total. The smallest absolute Gasteiger partial charge is 0.272 e. The fraction of sp³-hybridized carbons (Fsp3) is 0.143. The first-order chi connectivity index (χ1) is 9.51. The predicted octanol–water partition coefficient (Wildman–Crippen LogP) is 3.81. The highest BCUT2D eigenvalue weighted by molar-refractivity contribution is 6.31. The third-order valence-electron chi connectivity index (χ3n) is 2.85. The van der Waals surface area contributed by atoms with Crippen molar-refractivity contribution in [2.75, 3.05) is 0 Å². The topological polar surface area (TPSA) is 78.4 Å². The Morgan fingerprint density at radius 2 is 1.90 bits per heavy atom. The van der Waals surface area contributed by atoms with Crippen molar-refractivity contribution in [3.05, 3.63) is 62.7 Å². The molecule has 0 saturated heterocycles. The van der Waals surface area contributed by atoms with Crippen LogP contribution in [0.3, 0.4) is 0 Å². The van der Waals surface area contributed by atoms with E-state index in [2.05, 4.69) is 0 Å². The molecule has 0 saturated carbocycles. The summed E-state index contributed by atoms with van der Waals surface area (Å²) in [5.74, 6) is 1.07. The molecular formula is C14H13ClN2O3. The third-order valence-corrected chi connectivity index (χ3v) is 3.20. The van der Waals surface area contributed by atoms with Gasteiger partial charge in [0.15, 0.2) is 0 Å². The molecule has 0 aliphatic rings. The van der Waals surface area contributed by atoms with Crippen LogP contribution in [0.25, 0.3) is 0 Å². The molecule has 0 bridgehead atoms. The molecule has 104 valence electrons. The average Bonchev–Trinajstić information content (AvgIpc) is 2.38. The van der Waals surface area contributed by atoms with E-state index in [-0.39, 0.29) is 5.69 Å². The lowest BCUT2D eigenvalue weighted by molar-refractivity contribution is -0.385. The first-order valence-corrected chi connectivity index (χ1v) is 6.30. The number of nitrogens with two attached hydrogens (primary N) is 1. The Bertz CT molecular complexity index is 659. The zero-order valence-electron chi connectivity index (χ0n) is 10.8. The normalized spacial score (nSPS) is 10.3. The van der Waals surface area contributed by atoms with Gasteiger partial charge in [0.25, 0.3) is 5.69 Å². The van der Waals surface area contributed by atoms with Crippen molar-refractivity contribution in [1.82, 2.24) is 0 Å². The van der Waals surface area contributed by atoms with Crippen molar-refractivity contribution < 1.29 is 9.66 Å². The van der Waals surface area contributed by atoms with E-state index >= 15 is 0 Å².